The van der Waals surface area contributed by atoms with Crippen LogP contribution in [0.1, 0.15) is 11.1 Å². The molecule has 0 fully saturated rings. The number of hydrogen-bond donors (Lipinski definition) is 1. The predicted octanol–water partition coefficient (Wildman–Crippen LogP) is 2.73. The zero-order valence-corrected chi connectivity index (χ0v) is 8.35. The first-order chi connectivity index (χ1) is 7.29. The van der Waals surface area contributed by atoms with E-state index in [0.29, 0.717) is 5.69 Å². The highest BCUT2D eigenvalue weighted by molar-refractivity contribution is 5.83. The molecule has 2 nitrogen and oxygen atoms in total. The van der Waals surface area contributed by atoms with E-state index in [0.717, 1.165) is 16.7 Å². The highest BCUT2D eigenvalue weighted by Crippen LogP contribution is 2.24. The molecule has 0 aliphatic carbocycles. The molecule has 15 heavy (non-hydrogen) atoms. The first-order valence-corrected chi connectivity index (χ1v) is 4.73. The van der Waals surface area contributed by atoms with E-state index >= 15 is 0 Å². The van der Waals surface area contributed by atoms with E-state index in [1.807, 2.05) is 36.4 Å². The van der Waals surface area contributed by atoms with Crippen molar-refractivity contribution < 1.29 is 0 Å². The minimum Gasteiger partial charge on any atom is -0.397 e. The molecule has 1 heterocycles. The summed E-state index contributed by atoms with van der Waals surface area (Å²) in [5, 5.41) is 0. The molecule has 0 saturated heterocycles. The third kappa shape index (κ3) is 1.89. The van der Waals surface area contributed by atoms with Crippen molar-refractivity contribution in [1.82, 2.24) is 4.98 Å². The maximum absolute atomic E-state index is 5.84. The van der Waals surface area contributed by atoms with Gasteiger partial charge in [-0.05, 0) is 17.2 Å². The zero-order chi connectivity index (χ0) is 10.7. The van der Waals surface area contributed by atoms with Crippen molar-refractivity contribution in [3.63, 3.8) is 0 Å². The summed E-state index contributed by atoms with van der Waals surface area (Å²) in [6.45, 7) is 4.05. The van der Waals surface area contributed by atoms with Gasteiger partial charge in [-0.3, -0.25) is 4.98 Å². The summed E-state index contributed by atoms with van der Waals surface area (Å²) >= 11 is 0. The molecule has 2 heteroatoms. The van der Waals surface area contributed by atoms with Crippen LogP contribution in [0.2, 0.25) is 0 Å². The minimum absolute atomic E-state index is 0.659. The van der Waals surface area contributed by atoms with E-state index in [4.69, 9.17) is 5.73 Å². The Morgan fingerprint density at radius 2 is 1.87 bits per heavy atom. The second kappa shape index (κ2) is 3.96. The summed E-state index contributed by atoms with van der Waals surface area (Å²) in [6, 6.07) is 11.9. The van der Waals surface area contributed by atoms with Crippen LogP contribution in [0.4, 0.5) is 5.69 Å². The van der Waals surface area contributed by atoms with Crippen molar-refractivity contribution in [2.75, 3.05) is 5.73 Å². The van der Waals surface area contributed by atoms with Gasteiger partial charge < -0.3 is 5.73 Å². The Bertz CT molecular complexity index is 475. The summed E-state index contributed by atoms with van der Waals surface area (Å²) in [6.07, 6.45) is 3.36. The second-order valence-electron chi connectivity index (χ2n) is 3.31. The molecular formula is C13H12N2. The Labute approximate surface area is 89.1 Å². The summed E-state index contributed by atoms with van der Waals surface area (Å²) in [5.41, 5.74) is 9.44. The van der Waals surface area contributed by atoms with Crippen molar-refractivity contribution in [2.24, 2.45) is 0 Å². The second-order valence-corrected chi connectivity index (χ2v) is 3.31. The van der Waals surface area contributed by atoms with E-state index in [2.05, 4.69) is 11.6 Å². The molecule has 0 aliphatic heterocycles. The number of anilines is 1. The van der Waals surface area contributed by atoms with Crippen LogP contribution in [0.3, 0.4) is 0 Å². The Kier molecular flexibility index (Phi) is 2.50. The molecule has 2 rings (SSSR count). The number of hydrogen-bond acceptors (Lipinski definition) is 2. The average Bonchev–Trinajstić information content (AvgIpc) is 2.30. The third-order valence-electron chi connectivity index (χ3n) is 2.30. The van der Waals surface area contributed by atoms with Crippen molar-refractivity contribution in [3.05, 3.63) is 66.5 Å². The Balaban J connectivity index is 2.42. The molecule has 74 valence electrons. The number of nitrogens with two attached hydrogens (primary N) is 1. The standard InChI is InChI=1S/C13H12N2/c1-10(11-5-3-2-4-6-11)12-7-8-15-9-13(12)14/h2-9H,1,14H2. The first kappa shape index (κ1) is 9.46. The first-order valence-electron chi connectivity index (χ1n) is 4.73. The third-order valence-corrected chi connectivity index (χ3v) is 2.30. The molecule has 0 saturated carbocycles. The molecule has 1 aromatic carbocycles. The van der Waals surface area contributed by atoms with Gasteiger partial charge >= 0.3 is 0 Å². The molecular weight excluding hydrogens is 184 g/mol. The SMILES string of the molecule is C=C(c1ccccc1)c1ccncc1N. The molecule has 2 aromatic rings. The molecule has 0 atom stereocenters. The molecule has 1 aromatic heterocycles. The quantitative estimate of drug-likeness (QED) is 0.802. The topological polar surface area (TPSA) is 38.9 Å². The normalized spacial score (nSPS) is 9.87. The fourth-order valence-corrected chi connectivity index (χ4v) is 1.48. The van der Waals surface area contributed by atoms with Gasteiger partial charge in [-0.25, -0.2) is 0 Å². The van der Waals surface area contributed by atoms with Gasteiger partial charge in [-0.15, -0.1) is 0 Å². The lowest BCUT2D eigenvalue weighted by molar-refractivity contribution is 1.32. The van der Waals surface area contributed by atoms with E-state index in [9.17, 15) is 0 Å². The lowest BCUT2D eigenvalue weighted by atomic mass is 10.00. The lowest BCUT2D eigenvalue weighted by Crippen LogP contribution is -1.94. The molecule has 0 bridgehead atoms. The van der Waals surface area contributed by atoms with E-state index < -0.39 is 0 Å². The van der Waals surface area contributed by atoms with Gasteiger partial charge in [0.2, 0.25) is 0 Å². The summed E-state index contributed by atoms with van der Waals surface area (Å²) < 4.78 is 0. The van der Waals surface area contributed by atoms with Crippen LogP contribution >= 0.6 is 0 Å². The van der Waals surface area contributed by atoms with Crippen LogP contribution in [0.25, 0.3) is 5.57 Å². The fraction of sp³-hybridized carbons (Fsp3) is 0. The van der Waals surface area contributed by atoms with E-state index in [1.54, 1.807) is 12.4 Å². The van der Waals surface area contributed by atoms with Crippen LogP contribution in [-0.2, 0) is 0 Å². The Morgan fingerprint density at radius 1 is 1.13 bits per heavy atom. The largest absolute Gasteiger partial charge is 0.397 e. The lowest BCUT2D eigenvalue weighted by Gasteiger charge is -2.08. The zero-order valence-electron chi connectivity index (χ0n) is 8.35. The number of aromatic nitrogens is 1. The molecule has 0 radical (unpaired) electrons. The minimum atomic E-state index is 0.659. The van der Waals surface area contributed by atoms with Gasteiger partial charge in [0.1, 0.15) is 0 Å². The van der Waals surface area contributed by atoms with Crippen molar-refractivity contribution in [3.8, 4) is 0 Å². The smallest absolute Gasteiger partial charge is 0.0580 e. The van der Waals surface area contributed by atoms with Gasteiger partial charge in [0, 0.05) is 11.8 Å². The Morgan fingerprint density at radius 3 is 2.53 bits per heavy atom. The maximum atomic E-state index is 5.84. The van der Waals surface area contributed by atoms with Crippen molar-refractivity contribution in [2.45, 2.75) is 0 Å². The van der Waals surface area contributed by atoms with Gasteiger partial charge in [0.15, 0.2) is 0 Å². The van der Waals surface area contributed by atoms with Gasteiger partial charge in [-0.2, -0.15) is 0 Å². The molecule has 0 aliphatic rings. The summed E-state index contributed by atoms with van der Waals surface area (Å²) in [4.78, 5) is 3.95. The highest BCUT2D eigenvalue weighted by Gasteiger charge is 2.04. The van der Waals surface area contributed by atoms with Crippen LogP contribution in [0.15, 0.2) is 55.4 Å². The van der Waals surface area contributed by atoms with E-state index in [1.165, 1.54) is 0 Å². The molecule has 2 N–H and O–H groups in total. The summed E-state index contributed by atoms with van der Waals surface area (Å²) in [5.74, 6) is 0. The van der Waals surface area contributed by atoms with Crippen LogP contribution < -0.4 is 5.73 Å². The van der Waals surface area contributed by atoms with Crippen LogP contribution in [-0.4, -0.2) is 4.98 Å². The van der Waals surface area contributed by atoms with Crippen LogP contribution in [0, 0.1) is 0 Å². The number of nitrogen functional groups attached to an aromatic ring is 1. The number of pyridine rings is 1. The monoisotopic (exact) mass is 196 g/mol. The number of rotatable bonds is 2. The van der Waals surface area contributed by atoms with Crippen molar-refractivity contribution in [1.29, 1.82) is 0 Å². The van der Waals surface area contributed by atoms with Gasteiger partial charge in [0.25, 0.3) is 0 Å². The van der Waals surface area contributed by atoms with Gasteiger partial charge in [-0.1, -0.05) is 36.9 Å². The fourth-order valence-electron chi connectivity index (χ4n) is 1.48. The van der Waals surface area contributed by atoms with E-state index in [-0.39, 0.29) is 0 Å². The highest BCUT2D eigenvalue weighted by atomic mass is 14.7. The molecule has 0 spiro atoms. The number of nitrogens with zero attached hydrogens (tertiary/aromatic N) is 1. The number of benzene rings is 1. The predicted molar refractivity (Wildman–Crippen MR) is 63.2 cm³/mol. The molecule has 0 unspecified atom stereocenters. The van der Waals surface area contributed by atoms with Crippen LogP contribution in [0.5, 0.6) is 0 Å². The Hall–Kier alpha value is -2.09. The molecule has 0 amide bonds. The maximum Gasteiger partial charge on any atom is 0.0580 e. The van der Waals surface area contributed by atoms with Crippen molar-refractivity contribution >= 4 is 11.3 Å². The average molecular weight is 196 g/mol. The van der Waals surface area contributed by atoms with Gasteiger partial charge in [0.05, 0.1) is 11.9 Å². The summed E-state index contributed by atoms with van der Waals surface area (Å²) in [7, 11) is 0.